The smallest absolute Gasteiger partial charge is 0.249 e. The molecule has 3 fully saturated rings. The van der Waals surface area contributed by atoms with Gasteiger partial charge in [-0.1, -0.05) is 32.6 Å². The summed E-state index contributed by atoms with van der Waals surface area (Å²) in [5, 5.41) is 3.13. The Hall–Kier alpha value is -1.06. The van der Waals surface area contributed by atoms with Crippen LogP contribution in [0.25, 0.3) is 0 Å². The molecule has 1 spiro atoms. The lowest BCUT2D eigenvalue weighted by Gasteiger charge is -2.50. The zero-order valence-electron chi connectivity index (χ0n) is 13.4. The van der Waals surface area contributed by atoms with Crippen LogP contribution in [0.15, 0.2) is 0 Å². The van der Waals surface area contributed by atoms with E-state index in [4.69, 9.17) is 0 Å². The molecule has 1 unspecified atom stereocenters. The maximum absolute atomic E-state index is 13.1. The summed E-state index contributed by atoms with van der Waals surface area (Å²) >= 11 is 0. The highest BCUT2D eigenvalue weighted by molar-refractivity contribution is 6.02. The Morgan fingerprint density at radius 1 is 1.19 bits per heavy atom. The van der Waals surface area contributed by atoms with Crippen LogP contribution in [0.5, 0.6) is 0 Å². The minimum Gasteiger partial charge on any atom is -0.340 e. The standard InChI is InChI=1S/C17H28N2O2/c1-3-4-7-12-19-15(21)16(2,13-8-9-13)18-14(20)17(19)10-5-6-11-17/h13H,3-12H2,1-2H3,(H,18,20). The van der Waals surface area contributed by atoms with Crippen LogP contribution in [-0.2, 0) is 9.59 Å². The number of unbranched alkanes of at least 4 members (excludes halogenated alkanes) is 2. The van der Waals surface area contributed by atoms with E-state index in [1.54, 1.807) is 0 Å². The van der Waals surface area contributed by atoms with E-state index in [2.05, 4.69) is 12.2 Å². The van der Waals surface area contributed by atoms with Crippen LogP contribution in [0.1, 0.15) is 71.6 Å². The van der Waals surface area contributed by atoms with E-state index < -0.39 is 11.1 Å². The molecular weight excluding hydrogens is 264 g/mol. The third-order valence-electron chi connectivity index (χ3n) is 5.81. The molecule has 1 saturated heterocycles. The number of carbonyl (C=O) groups is 2. The molecule has 21 heavy (non-hydrogen) atoms. The fourth-order valence-electron chi connectivity index (χ4n) is 4.23. The van der Waals surface area contributed by atoms with E-state index in [-0.39, 0.29) is 11.8 Å². The van der Waals surface area contributed by atoms with Crippen LogP contribution in [0.4, 0.5) is 0 Å². The molecule has 2 amide bonds. The van der Waals surface area contributed by atoms with Crippen LogP contribution in [-0.4, -0.2) is 34.3 Å². The molecule has 0 aromatic carbocycles. The second-order valence-electron chi connectivity index (χ2n) is 7.33. The van der Waals surface area contributed by atoms with Gasteiger partial charge in [-0.05, 0) is 44.9 Å². The predicted molar refractivity (Wildman–Crippen MR) is 81.7 cm³/mol. The van der Waals surface area contributed by atoms with Gasteiger partial charge in [-0.2, -0.15) is 0 Å². The molecule has 0 aromatic rings. The second kappa shape index (κ2) is 5.29. The van der Waals surface area contributed by atoms with Crippen molar-refractivity contribution >= 4 is 11.8 Å². The SMILES string of the molecule is CCCCCN1C(=O)C(C)(C2CC2)NC(=O)C12CCCC2. The quantitative estimate of drug-likeness (QED) is 0.792. The second-order valence-corrected chi connectivity index (χ2v) is 7.33. The van der Waals surface area contributed by atoms with E-state index in [9.17, 15) is 9.59 Å². The Kier molecular flexibility index (Phi) is 3.74. The number of rotatable bonds is 5. The summed E-state index contributed by atoms with van der Waals surface area (Å²) in [5.41, 5.74) is -1.17. The number of hydrogen-bond acceptors (Lipinski definition) is 2. The lowest BCUT2D eigenvalue weighted by Crippen LogP contribution is -2.75. The molecule has 1 atom stereocenters. The van der Waals surface area contributed by atoms with E-state index >= 15 is 0 Å². The first kappa shape index (κ1) is 14.9. The molecule has 2 saturated carbocycles. The first-order valence-electron chi connectivity index (χ1n) is 8.69. The van der Waals surface area contributed by atoms with Gasteiger partial charge in [0, 0.05) is 6.54 Å². The van der Waals surface area contributed by atoms with Gasteiger partial charge in [0.15, 0.2) is 0 Å². The van der Waals surface area contributed by atoms with Crippen LogP contribution in [0, 0.1) is 5.92 Å². The molecule has 1 N–H and O–H groups in total. The average molecular weight is 292 g/mol. The molecular formula is C17H28N2O2. The maximum Gasteiger partial charge on any atom is 0.249 e. The largest absolute Gasteiger partial charge is 0.340 e. The molecule has 1 heterocycles. The lowest BCUT2D eigenvalue weighted by molar-refractivity contribution is -0.163. The zero-order valence-corrected chi connectivity index (χ0v) is 13.4. The molecule has 3 rings (SSSR count). The first-order chi connectivity index (χ1) is 10.0. The van der Waals surface area contributed by atoms with Crippen molar-refractivity contribution in [1.29, 1.82) is 0 Å². The van der Waals surface area contributed by atoms with Gasteiger partial charge in [-0.25, -0.2) is 0 Å². The third kappa shape index (κ3) is 2.27. The Bertz CT molecular complexity index is 438. The normalized spacial score (nSPS) is 31.8. The van der Waals surface area contributed by atoms with E-state index in [1.165, 1.54) is 0 Å². The topological polar surface area (TPSA) is 49.4 Å². The highest BCUT2D eigenvalue weighted by atomic mass is 16.2. The Morgan fingerprint density at radius 2 is 1.86 bits per heavy atom. The molecule has 0 radical (unpaired) electrons. The number of amides is 2. The van der Waals surface area contributed by atoms with Crippen molar-refractivity contribution in [2.75, 3.05) is 6.54 Å². The summed E-state index contributed by atoms with van der Waals surface area (Å²) < 4.78 is 0. The number of carbonyl (C=O) groups excluding carboxylic acids is 2. The van der Waals surface area contributed by atoms with Gasteiger partial charge in [0.2, 0.25) is 11.8 Å². The first-order valence-corrected chi connectivity index (χ1v) is 8.69. The summed E-state index contributed by atoms with van der Waals surface area (Å²) in [6.07, 6.45) is 9.22. The Labute approximate surface area is 127 Å². The highest BCUT2D eigenvalue weighted by Crippen LogP contribution is 2.47. The fraction of sp³-hybridized carbons (Fsp3) is 0.882. The minimum absolute atomic E-state index is 0.116. The highest BCUT2D eigenvalue weighted by Gasteiger charge is 2.61. The molecule has 4 nitrogen and oxygen atoms in total. The number of nitrogens with zero attached hydrogens (tertiary/aromatic N) is 1. The minimum atomic E-state index is -0.642. The van der Waals surface area contributed by atoms with Gasteiger partial charge in [0.1, 0.15) is 11.1 Å². The van der Waals surface area contributed by atoms with Crippen molar-refractivity contribution in [3.8, 4) is 0 Å². The Balaban J connectivity index is 1.87. The number of nitrogens with one attached hydrogen (secondary N) is 1. The fourth-order valence-corrected chi connectivity index (χ4v) is 4.23. The van der Waals surface area contributed by atoms with Crippen molar-refractivity contribution < 1.29 is 9.59 Å². The molecule has 118 valence electrons. The third-order valence-corrected chi connectivity index (χ3v) is 5.81. The van der Waals surface area contributed by atoms with Gasteiger partial charge >= 0.3 is 0 Å². The molecule has 4 heteroatoms. The van der Waals surface area contributed by atoms with Crippen molar-refractivity contribution in [2.24, 2.45) is 5.92 Å². The van der Waals surface area contributed by atoms with Crippen molar-refractivity contribution in [1.82, 2.24) is 10.2 Å². The van der Waals surface area contributed by atoms with Crippen molar-refractivity contribution in [3.05, 3.63) is 0 Å². The van der Waals surface area contributed by atoms with E-state index in [0.717, 1.165) is 64.3 Å². The summed E-state index contributed by atoms with van der Waals surface area (Å²) in [7, 11) is 0. The zero-order chi connectivity index (χ0) is 15.1. The average Bonchev–Trinajstić information content (AvgIpc) is 3.21. The van der Waals surface area contributed by atoms with Crippen molar-refractivity contribution in [2.45, 2.75) is 82.7 Å². The summed E-state index contributed by atoms with van der Waals surface area (Å²) in [4.78, 5) is 28.0. The molecule has 1 aliphatic heterocycles. The van der Waals surface area contributed by atoms with Crippen LogP contribution < -0.4 is 5.32 Å². The van der Waals surface area contributed by atoms with Gasteiger partial charge in [-0.3, -0.25) is 9.59 Å². The lowest BCUT2D eigenvalue weighted by atomic mass is 9.82. The molecule has 2 aliphatic carbocycles. The van der Waals surface area contributed by atoms with E-state index in [0.29, 0.717) is 5.92 Å². The van der Waals surface area contributed by atoms with E-state index in [1.807, 2.05) is 11.8 Å². The number of hydrogen-bond donors (Lipinski definition) is 1. The van der Waals surface area contributed by atoms with Gasteiger partial charge in [0.05, 0.1) is 0 Å². The summed E-state index contributed by atoms with van der Waals surface area (Å²) in [6.45, 7) is 4.87. The monoisotopic (exact) mass is 292 g/mol. The molecule has 3 aliphatic rings. The van der Waals surface area contributed by atoms with Crippen LogP contribution >= 0.6 is 0 Å². The van der Waals surface area contributed by atoms with Gasteiger partial charge in [-0.15, -0.1) is 0 Å². The Morgan fingerprint density at radius 3 is 2.43 bits per heavy atom. The van der Waals surface area contributed by atoms with Gasteiger partial charge < -0.3 is 10.2 Å². The summed E-state index contributed by atoms with van der Waals surface area (Å²) in [6, 6.07) is 0. The molecule has 0 bridgehead atoms. The van der Waals surface area contributed by atoms with Crippen molar-refractivity contribution in [3.63, 3.8) is 0 Å². The number of piperazine rings is 1. The molecule has 0 aromatic heterocycles. The van der Waals surface area contributed by atoms with Gasteiger partial charge in [0.25, 0.3) is 0 Å². The summed E-state index contributed by atoms with van der Waals surface area (Å²) in [5.74, 6) is 0.648. The predicted octanol–water partition coefficient (Wildman–Crippen LogP) is 2.62. The van der Waals surface area contributed by atoms with Crippen LogP contribution in [0.3, 0.4) is 0 Å². The van der Waals surface area contributed by atoms with Crippen LogP contribution in [0.2, 0.25) is 0 Å². The maximum atomic E-state index is 13.1.